The van der Waals surface area contributed by atoms with Crippen molar-refractivity contribution >= 4 is 5.84 Å². The maximum absolute atomic E-state index is 8.85. The Morgan fingerprint density at radius 1 is 1.40 bits per heavy atom. The van der Waals surface area contributed by atoms with Gasteiger partial charge in [-0.25, -0.2) is 4.68 Å². The standard InChI is InChI=1S/C14H18N4O2/c1-4-10-5-7-11(8-6-10)20-14-12(13(15)17-19)9(2)16-18(14)3/h5-8,19H,4H2,1-3H3,(H2,15,17). The summed E-state index contributed by atoms with van der Waals surface area (Å²) >= 11 is 0. The maximum Gasteiger partial charge on any atom is 0.229 e. The lowest BCUT2D eigenvalue weighted by molar-refractivity contribution is 0.318. The van der Waals surface area contributed by atoms with E-state index in [0.717, 1.165) is 6.42 Å². The summed E-state index contributed by atoms with van der Waals surface area (Å²) in [6.45, 7) is 3.87. The molecule has 0 aliphatic rings. The highest BCUT2D eigenvalue weighted by molar-refractivity contribution is 6.00. The number of nitrogens with two attached hydrogens (primary N) is 1. The van der Waals surface area contributed by atoms with E-state index in [-0.39, 0.29) is 5.84 Å². The number of amidine groups is 1. The average molecular weight is 274 g/mol. The fourth-order valence-electron chi connectivity index (χ4n) is 2.00. The second kappa shape index (κ2) is 5.64. The molecule has 0 aliphatic heterocycles. The summed E-state index contributed by atoms with van der Waals surface area (Å²) in [5.41, 5.74) is 8.04. The van der Waals surface area contributed by atoms with Crippen LogP contribution in [-0.4, -0.2) is 20.8 Å². The van der Waals surface area contributed by atoms with Gasteiger partial charge in [0, 0.05) is 7.05 Å². The molecule has 0 radical (unpaired) electrons. The van der Waals surface area contributed by atoms with E-state index in [1.54, 1.807) is 18.7 Å². The molecule has 1 aromatic heterocycles. The monoisotopic (exact) mass is 274 g/mol. The highest BCUT2D eigenvalue weighted by Crippen LogP contribution is 2.27. The number of hydrogen-bond acceptors (Lipinski definition) is 4. The molecule has 0 aliphatic carbocycles. The Morgan fingerprint density at radius 3 is 2.60 bits per heavy atom. The quantitative estimate of drug-likeness (QED) is 0.387. The Labute approximate surface area is 117 Å². The van der Waals surface area contributed by atoms with Crippen molar-refractivity contribution in [2.75, 3.05) is 0 Å². The summed E-state index contributed by atoms with van der Waals surface area (Å²) in [6, 6.07) is 7.78. The number of hydrogen-bond donors (Lipinski definition) is 2. The third kappa shape index (κ3) is 2.59. The predicted molar refractivity (Wildman–Crippen MR) is 76.3 cm³/mol. The van der Waals surface area contributed by atoms with Gasteiger partial charge in [-0.15, -0.1) is 0 Å². The zero-order valence-electron chi connectivity index (χ0n) is 11.8. The minimum Gasteiger partial charge on any atom is -0.439 e. The first-order valence-corrected chi connectivity index (χ1v) is 6.35. The SMILES string of the molecule is CCc1ccc(Oc2c(C(N)=NO)c(C)nn2C)cc1. The lowest BCUT2D eigenvalue weighted by atomic mass is 10.2. The Hall–Kier alpha value is -2.50. The van der Waals surface area contributed by atoms with Crippen molar-refractivity contribution in [2.45, 2.75) is 20.3 Å². The summed E-state index contributed by atoms with van der Waals surface area (Å²) in [5.74, 6) is 1.11. The summed E-state index contributed by atoms with van der Waals surface area (Å²) < 4.78 is 7.38. The second-order valence-electron chi connectivity index (χ2n) is 4.47. The third-order valence-corrected chi connectivity index (χ3v) is 3.08. The molecule has 20 heavy (non-hydrogen) atoms. The maximum atomic E-state index is 8.85. The molecule has 0 atom stereocenters. The van der Waals surface area contributed by atoms with Gasteiger partial charge in [0.15, 0.2) is 5.84 Å². The van der Waals surface area contributed by atoms with Crippen LogP contribution in [-0.2, 0) is 13.5 Å². The molecule has 1 heterocycles. The van der Waals surface area contributed by atoms with Gasteiger partial charge in [0.1, 0.15) is 11.3 Å². The van der Waals surface area contributed by atoms with Gasteiger partial charge in [0.25, 0.3) is 0 Å². The van der Waals surface area contributed by atoms with Crippen molar-refractivity contribution in [3.8, 4) is 11.6 Å². The number of aryl methyl sites for hydroxylation is 3. The molecule has 0 unspecified atom stereocenters. The first kappa shape index (κ1) is 13.9. The Bertz CT molecular complexity index is 629. The molecule has 106 valence electrons. The number of aromatic nitrogens is 2. The topological polar surface area (TPSA) is 85.7 Å². The van der Waals surface area contributed by atoms with E-state index in [4.69, 9.17) is 15.7 Å². The molecule has 0 saturated heterocycles. The number of rotatable bonds is 4. The normalized spacial score (nSPS) is 11.7. The largest absolute Gasteiger partial charge is 0.439 e. The van der Waals surface area contributed by atoms with E-state index >= 15 is 0 Å². The third-order valence-electron chi connectivity index (χ3n) is 3.08. The predicted octanol–water partition coefficient (Wildman–Crippen LogP) is 2.18. The summed E-state index contributed by atoms with van der Waals surface area (Å²) in [7, 11) is 1.75. The molecular formula is C14H18N4O2. The molecule has 0 amide bonds. The molecule has 0 spiro atoms. The van der Waals surface area contributed by atoms with Crippen molar-refractivity contribution in [1.82, 2.24) is 9.78 Å². The summed E-state index contributed by atoms with van der Waals surface area (Å²) in [5, 5.41) is 16.1. The van der Waals surface area contributed by atoms with Crippen LogP contribution in [0.15, 0.2) is 29.4 Å². The zero-order chi connectivity index (χ0) is 14.7. The molecule has 2 aromatic rings. The molecule has 1 aromatic carbocycles. The number of oxime groups is 1. The Balaban J connectivity index is 2.37. The molecular weight excluding hydrogens is 256 g/mol. The van der Waals surface area contributed by atoms with Crippen LogP contribution in [0.5, 0.6) is 11.6 Å². The highest BCUT2D eigenvalue weighted by Gasteiger charge is 2.19. The number of nitrogens with zero attached hydrogens (tertiary/aromatic N) is 3. The lowest BCUT2D eigenvalue weighted by Gasteiger charge is -2.08. The molecule has 6 heteroatoms. The van der Waals surface area contributed by atoms with Crippen molar-refractivity contribution in [1.29, 1.82) is 0 Å². The van der Waals surface area contributed by atoms with Crippen LogP contribution in [0.4, 0.5) is 0 Å². The summed E-state index contributed by atoms with van der Waals surface area (Å²) in [4.78, 5) is 0. The van der Waals surface area contributed by atoms with Crippen LogP contribution in [0.1, 0.15) is 23.7 Å². The summed E-state index contributed by atoms with van der Waals surface area (Å²) in [6.07, 6.45) is 0.973. The van der Waals surface area contributed by atoms with Gasteiger partial charge in [-0.1, -0.05) is 24.2 Å². The first-order valence-electron chi connectivity index (χ1n) is 6.35. The van der Waals surface area contributed by atoms with E-state index in [1.807, 2.05) is 24.3 Å². The number of benzene rings is 1. The van der Waals surface area contributed by atoms with Gasteiger partial charge < -0.3 is 15.7 Å². The Morgan fingerprint density at radius 2 is 2.05 bits per heavy atom. The van der Waals surface area contributed by atoms with Crippen molar-refractivity contribution < 1.29 is 9.94 Å². The smallest absolute Gasteiger partial charge is 0.229 e. The lowest BCUT2D eigenvalue weighted by Crippen LogP contribution is -2.15. The second-order valence-corrected chi connectivity index (χ2v) is 4.47. The zero-order valence-corrected chi connectivity index (χ0v) is 11.8. The van der Waals surface area contributed by atoms with E-state index in [1.165, 1.54) is 5.56 Å². The molecule has 2 rings (SSSR count). The van der Waals surface area contributed by atoms with Crippen molar-refractivity contribution in [2.24, 2.45) is 17.9 Å². The van der Waals surface area contributed by atoms with E-state index in [2.05, 4.69) is 17.2 Å². The van der Waals surface area contributed by atoms with Crippen LogP contribution in [0, 0.1) is 6.92 Å². The minimum atomic E-state index is -0.0178. The van der Waals surface area contributed by atoms with Crippen LogP contribution in [0.25, 0.3) is 0 Å². The van der Waals surface area contributed by atoms with Crippen LogP contribution < -0.4 is 10.5 Å². The van der Waals surface area contributed by atoms with E-state index < -0.39 is 0 Å². The van der Waals surface area contributed by atoms with Gasteiger partial charge in [0.05, 0.1) is 5.69 Å². The fraction of sp³-hybridized carbons (Fsp3) is 0.286. The van der Waals surface area contributed by atoms with E-state index in [0.29, 0.717) is 22.9 Å². The first-order chi connectivity index (χ1) is 9.56. The van der Waals surface area contributed by atoms with Gasteiger partial charge in [-0.05, 0) is 31.0 Å². The Kier molecular flexibility index (Phi) is 3.93. The molecule has 6 nitrogen and oxygen atoms in total. The van der Waals surface area contributed by atoms with Gasteiger partial charge in [0.2, 0.25) is 5.88 Å². The molecule has 0 bridgehead atoms. The van der Waals surface area contributed by atoms with Crippen LogP contribution in [0.3, 0.4) is 0 Å². The minimum absolute atomic E-state index is 0.0178. The average Bonchev–Trinajstić information content (AvgIpc) is 2.73. The van der Waals surface area contributed by atoms with E-state index in [9.17, 15) is 0 Å². The van der Waals surface area contributed by atoms with Crippen molar-refractivity contribution in [3.63, 3.8) is 0 Å². The highest BCUT2D eigenvalue weighted by atomic mass is 16.5. The van der Waals surface area contributed by atoms with Gasteiger partial charge in [-0.2, -0.15) is 5.10 Å². The fourth-order valence-corrected chi connectivity index (χ4v) is 2.00. The molecule has 0 saturated carbocycles. The number of ether oxygens (including phenoxy) is 1. The molecule has 3 N–H and O–H groups in total. The van der Waals surface area contributed by atoms with Crippen molar-refractivity contribution in [3.05, 3.63) is 41.1 Å². The van der Waals surface area contributed by atoms with Gasteiger partial charge >= 0.3 is 0 Å². The molecule has 0 fully saturated rings. The van der Waals surface area contributed by atoms with Gasteiger partial charge in [-0.3, -0.25) is 0 Å². The van der Waals surface area contributed by atoms with Crippen LogP contribution in [0.2, 0.25) is 0 Å². The van der Waals surface area contributed by atoms with Crippen LogP contribution >= 0.6 is 0 Å².